The standard InChI is InChI=1S/C29H44O5/c1-16-14-29(32-15-16)26(31)17(2)25-24(34-29)13-23-21-7-6-19-12-20(33-18(3)30)8-10-27(19,4)22(21)9-11-28(23,25)5/h16-17,19-25H,6-15H2,1-5H3/t16-,17+,19-,20-,21-,22+,23+,24+,25+,27+,28+,29-/m1/s1. The molecule has 0 aromatic heterocycles. The zero-order chi connectivity index (χ0) is 24.0. The van der Waals surface area contributed by atoms with Gasteiger partial charge in [0.15, 0.2) is 5.78 Å². The number of rotatable bonds is 1. The van der Waals surface area contributed by atoms with Gasteiger partial charge in [-0.05, 0) is 91.8 Å². The average Bonchev–Trinajstić information content (AvgIpc) is 3.29. The lowest BCUT2D eigenvalue weighted by atomic mass is 9.44. The number of hydrogen-bond acceptors (Lipinski definition) is 5. The SMILES string of the molecule is CC(=O)O[C@@H]1CC[C@@]2(C)[C@H](CC[C@@H]3[C@@H]2CC[C@]2(C)[C@@H]4[C@H](C[C@@H]32)O[C@]2(C[C@@H](C)CO2)C(=O)[C@H]4C)C1. The van der Waals surface area contributed by atoms with Crippen LogP contribution in [0.1, 0.15) is 92.4 Å². The number of fused-ring (bicyclic) bond motifs is 7. The molecule has 0 unspecified atom stereocenters. The highest BCUT2D eigenvalue weighted by atomic mass is 16.7. The first kappa shape index (κ1) is 23.5. The van der Waals surface area contributed by atoms with E-state index >= 15 is 0 Å². The van der Waals surface area contributed by atoms with Crippen LogP contribution in [0.25, 0.3) is 0 Å². The maximum atomic E-state index is 13.6. The highest BCUT2D eigenvalue weighted by Gasteiger charge is 2.68. The maximum Gasteiger partial charge on any atom is 0.302 e. The fourth-order valence-corrected chi connectivity index (χ4v) is 10.5. The minimum atomic E-state index is -0.970. The second-order valence-electron chi connectivity index (χ2n) is 13.7. The van der Waals surface area contributed by atoms with E-state index in [1.807, 2.05) is 0 Å². The van der Waals surface area contributed by atoms with Gasteiger partial charge in [0.1, 0.15) is 6.10 Å². The summed E-state index contributed by atoms with van der Waals surface area (Å²) in [5.74, 6) is 2.58. The molecule has 12 atom stereocenters. The molecule has 2 aliphatic heterocycles. The molecule has 2 saturated heterocycles. The van der Waals surface area contributed by atoms with Crippen molar-refractivity contribution in [3.8, 4) is 0 Å². The van der Waals surface area contributed by atoms with Crippen molar-refractivity contribution in [2.75, 3.05) is 6.61 Å². The van der Waals surface area contributed by atoms with Gasteiger partial charge < -0.3 is 14.2 Å². The highest BCUT2D eigenvalue weighted by molar-refractivity contribution is 5.89. The lowest BCUT2D eigenvalue weighted by Crippen LogP contribution is -2.58. The maximum absolute atomic E-state index is 13.6. The van der Waals surface area contributed by atoms with Crippen molar-refractivity contribution in [1.29, 1.82) is 0 Å². The number of ether oxygens (including phenoxy) is 3. The predicted octanol–water partition coefficient (Wildman–Crippen LogP) is 5.54. The molecular weight excluding hydrogens is 428 g/mol. The minimum absolute atomic E-state index is 0.0155. The van der Waals surface area contributed by atoms with Crippen LogP contribution in [0.4, 0.5) is 0 Å². The quantitative estimate of drug-likeness (QED) is 0.469. The summed E-state index contributed by atoms with van der Waals surface area (Å²) in [7, 11) is 0. The van der Waals surface area contributed by atoms with Crippen LogP contribution in [0.3, 0.4) is 0 Å². The summed E-state index contributed by atoms with van der Waals surface area (Å²) in [5.41, 5.74) is 0.535. The average molecular weight is 473 g/mol. The Kier molecular flexibility index (Phi) is 5.37. The van der Waals surface area contributed by atoms with Crippen LogP contribution in [-0.2, 0) is 23.8 Å². The normalized spacial score (nSPS) is 56.4. The van der Waals surface area contributed by atoms with E-state index in [1.54, 1.807) is 6.92 Å². The van der Waals surface area contributed by atoms with Crippen LogP contribution in [0.15, 0.2) is 0 Å². The lowest BCUT2D eigenvalue weighted by molar-refractivity contribution is -0.259. The summed E-state index contributed by atoms with van der Waals surface area (Å²) in [6.45, 7) is 11.6. The van der Waals surface area contributed by atoms with E-state index in [2.05, 4.69) is 27.7 Å². The Morgan fingerprint density at radius 2 is 1.76 bits per heavy atom. The predicted molar refractivity (Wildman–Crippen MR) is 128 cm³/mol. The molecule has 4 saturated carbocycles. The Bertz CT molecular complexity index is 871. The van der Waals surface area contributed by atoms with Crippen LogP contribution >= 0.6 is 0 Å². The van der Waals surface area contributed by atoms with Crippen molar-refractivity contribution in [1.82, 2.24) is 0 Å². The minimum Gasteiger partial charge on any atom is -0.463 e. The van der Waals surface area contributed by atoms with Crippen molar-refractivity contribution in [3.63, 3.8) is 0 Å². The van der Waals surface area contributed by atoms with E-state index in [4.69, 9.17) is 14.2 Å². The van der Waals surface area contributed by atoms with E-state index in [0.29, 0.717) is 35.7 Å². The lowest BCUT2D eigenvalue weighted by Gasteiger charge is -2.61. The van der Waals surface area contributed by atoms with Crippen molar-refractivity contribution in [3.05, 3.63) is 0 Å². The molecule has 0 N–H and O–H groups in total. The van der Waals surface area contributed by atoms with Crippen LogP contribution in [0, 0.1) is 52.3 Å². The van der Waals surface area contributed by atoms with Crippen LogP contribution in [-0.4, -0.2) is 36.4 Å². The Balaban J connectivity index is 1.25. The summed E-state index contributed by atoms with van der Waals surface area (Å²) in [6, 6.07) is 0. The van der Waals surface area contributed by atoms with Gasteiger partial charge in [0.25, 0.3) is 0 Å². The largest absolute Gasteiger partial charge is 0.463 e. The van der Waals surface area contributed by atoms with Crippen LogP contribution in [0.5, 0.6) is 0 Å². The van der Waals surface area contributed by atoms with Gasteiger partial charge in [-0.15, -0.1) is 0 Å². The number of hydrogen-bond donors (Lipinski definition) is 0. The Hall–Kier alpha value is -0.940. The molecule has 5 heteroatoms. The molecular formula is C29H44O5. The smallest absolute Gasteiger partial charge is 0.302 e. The summed E-state index contributed by atoms with van der Waals surface area (Å²) in [4.78, 5) is 25.2. The van der Waals surface area contributed by atoms with Crippen molar-refractivity contribution in [2.24, 2.45) is 52.3 Å². The fourth-order valence-electron chi connectivity index (χ4n) is 10.5. The Labute approximate surface area is 205 Å². The van der Waals surface area contributed by atoms with Gasteiger partial charge in [-0.1, -0.05) is 27.7 Å². The first-order valence-corrected chi connectivity index (χ1v) is 14.1. The molecule has 0 bridgehead atoms. The third kappa shape index (κ3) is 3.17. The molecule has 190 valence electrons. The summed E-state index contributed by atoms with van der Waals surface area (Å²) >= 11 is 0. The fraction of sp³-hybridized carbons (Fsp3) is 0.931. The number of esters is 1. The number of ketones is 1. The molecule has 0 amide bonds. The van der Waals surface area contributed by atoms with E-state index in [-0.39, 0.29) is 35.3 Å². The van der Waals surface area contributed by atoms with E-state index in [1.165, 1.54) is 32.1 Å². The number of Topliss-reactive ketones (excluding diaryl/α,β-unsaturated/α-hetero) is 1. The summed E-state index contributed by atoms with van der Waals surface area (Å²) < 4.78 is 18.5. The van der Waals surface area contributed by atoms with Gasteiger partial charge in [0.05, 0.1) is 12.7 Å². The molecule has 6 rings (SSSR count). The number of carbonyl (C=O) groups is 2. The zero-order valence-electron chi connectivity index (χ0n) is 21.8. The Morgan fingerprint density at radius 1 is 1.00 bits per heavy atom. The second-order valence-corrected chi connectivity index (χ2v) is 13.7. The van der Waals surface area contributed by atoms with Gasteiger partial charge >= 0.3 is 5.97 Å². The van der Waals surface area contributed by atoms with E-state index < -0.39 is 5.79 Å². The van der Waals surface area contributed by atoms with E-state index in [0.717, 1.165) is 37.5 Å². The third-order valence-electron chi connectivity index (χ3n) is 11.9. The number of carbonyl (C=O) groups excluding carboxylic acids is 2. The van der Waals surface area contributed by atoms with Gasteiger partial charge in [0, 0.05) is 25.2 Å². The Morgan fingerprint density at radius 3 is 2.47 bits per heavy atom. The molecule has 5 nitrogen and oxygen atoms in total. The van der Waals surface area contributed by atoms with Crippen molar-refractivity contribution in [2.45, 2.75) is 110 Å². The first-order valence-electron chi connectivity index (χ1n) is 14.1. The van der Waals surface area contributed by atoms with Crippen LogP contribution < -0.4 is 0 Å². The van der Waals surface area contributed by atoms with E-state index in [9.17, 15) is 9.59 Å². The second kappa shape index (κ2) is 7.78. The molecule has 0 radical (unpaired) electrons. The van der Waals surface area contributed by atoms with Gasteiger partial charge in [0.2, 0.25) is 5.79 Å². The third-order valence-corrected chi connectivity index (χ3v) is 11.9. The molecule has 6 aliphatic rings. The molecule has 6 fully saturated rings. The highest BCUT2D eigenvalue weighted by Crippen LogP contribution is 2.70. The van der Waals surface area contributed by atoms with Crippen molar-refractivity contribution < 1.29 is 23.8 Å². The van der Waals surface area contributed by atoms with Gasteiger partial charge in [-0.2, -0.15) is 0 Å². The van der Waals surface area contributed by atoms with Crippen molar-refractivity contribution >= 4 is 11.8 Å². The molecule has 2 heterocycles. The molecule has 34 heavy (non-hydrogen) atoms. The molecule has 4 aliphatic carbocycles. The molecule has 0 aromatic carbocycles. The summed E-state index contributed by atoms with van der Waals surface area (Å²) in [6.07, 6.45) is 10.3. The molecule has 1 spiro atoms. The first-order chi connectivity index (χ1) is 16.1. The topological polar surface area (TPSA) is 61.8 Å². The zero-order valence-corrected chi connectivity index (χ0v) is 21.8. The monoisotopic (exact) mass is 472 g/mol. The van der Waals surface area contributed by atoms with Crippen LogP contribution in [0.2, 0.25) is 0 Å². The summed E-state index contributed by atoms with van der Waals surface area (Å²) in [5, 5.41) is 0. The molecule has 0 aromatic rings. The van der Waals surface area contributed by atoms with Gasteiger partial charge in [-0.25, -0.2) is 0 Å². The van der Waals surface area contributed by atoms with Gasteiger partial charge in [-0.3, -0.25) is 9.59 Å².